The number of carbonyl (C=O) groups excluding carboxylic acids is 6. The number of amides is 6. The normalized spacial score (nSPS) is 17.3. The Morgan fingerprint density at radius 1 is 0.683 bits per heavy atom. The Morgan fingerprint density at radius 2 is 1.29 bits per heavy atom. The van der Waals surface area contributed by atoms with Crippen LogP contribution in [0.4, 0.5) is 0 Å². The molecule has 4 aromatic rings. The smallest absolute Gasteiger partial charge is 0.246 e. The van der Waals surface area contributed by atoms with E-state index in [1.54, 1.807) is 0 Å². The summed E-state index contributed by atoms with van der Waals surface area (Å²) in [6, 6.07) is 29.1. The van der Waals surface area contributed by atoms with Gasteiger partial charge in [0, 0.05) is 25.8 Å². The molecule has 0 radical (unpaired) electrons. The van der Waals surface area contributed by atoms with Gasteiger partial charge < -0.3 is 43.8 Å². The van der Waals surface area contributed by atoms with Gasteiger partial charge in [0.05, 0.1) is 6.54 Å². The van der Waals surface area contributed by atoms with Gasteiger partial charge in [-0.05, 0) is 78.3 Å². The van der Waals surface area contributed by atoms with Crippen LogP contribution >= 0.6 is 0 Å². The monoisotopic (exact) mass is 859 g/mol. The maximum Gasteiger partial charge on any atom is 0.246 e. The molecule has 334 valence electrons. The first-order valence-electron chi connectivity index (χ1n) is 21.8. The van der Waals surface area contributed by atoms with E-state index in [0.717, 1.165) is 28.3 Å². The molecule has 0 aromatic heterocycles. The highest BCUT2D eigenvalue weighted by atomic mass is 16.2. The van der Waals surface area contributed by atoms with Crippen LogP contribution in [-0.4, -0.2) is 78.2 Å². The number of hydrogen-bond donors (Lipinski definition) is 8. The van der Waals surface area contributed by atoms with Crippen molar-refractivity contribution in [2.24, 2.45) is 22.2 Å². The summed E-state index contributed by atoms with van der Waals surface area (Å²) in [5.74, 6) is -3.40. The van der Waals surface area contributed by atoms with E-state index in [-0.39, 0.29) is 56.4 Å². The van der Waals surface area contributed by atoms with Gasteiger partial charge in [-0.3, -0.25) is 33.8 Å². The predicted molar refractivity (Wildman–Crippen MR) is 244 cm³/mol. The molecular weight excluding hydrogens is 799 g/mol. The second-order valence-corrected chi connectivity index (χ2v) is 16.3. The van der Waals surface area contributed by atoms with E-state index in [2.05, 4.69) is 43.7 Å². The van der Waals surface area contributed by atoms with Crippen LogP contribution in [0.25, 0.3) is 10.8 Å². The van der Waals surface area contributed by atoms with Gasteiger partial charge in [0.25, 0.3) is 0 Å². The molecule has 1 aliphatic rings. The largest absolute Gasteiger partial charge is 0.370 e. The van der Waals surface area contributed by atoms with E-state index in [1.165, 1.54) is 5.56 Å². The van der Waals surface area contributed by atoms with Gasteiger partial charge in [0.1, 0.15) is 23.7 Å². The molecule has 0 heterocycles. The lowest BCUT2D eigenvalue weighted by molar-refractivity contribution is -0.138. The van der Waals surface area contributed by atoms with Crippen LogP contribution in [0.15, 0.2) is 108 Å². The standard InChI is InChI=1S/C48H61N9O6/c1-2-3-20-42(59)57-48(25-23-36(24-26-48)34-15-8-5-9-16-34)46(63)56-40(29-32-13-6-4-7-14-32)45(62)54-38(19-12-27-52-47(50)51)44(61)55-39(43(60)53-31-41(49)58)30-33-21-22-35-17-10-11-18-37(35)28-33/h4-11,13-18,21-22,28,36,38-40H,2-3,12,19-20,23-27,29-31H2,1H3,(H2,49,58)(H,53,60)(H,54,62)(H,55,61)(H,56,63)(H,57,59)(H4,50,51,52)/t36?,38-,39-,40+,48?/m0/s1. The summed E-state index contributed by atoms with van der Waals surface area (Å²) in [4.78, 5) is 86.0. The van der Waals surface area contributed by atoms with E-state index in [4.69, 9.17) is 17.2 Å². The van der Waals surface area contributed by atoms with Gasteiger partial charge >= 0.3 is 0 Å². The van der Waals surface area contributed by atoms with E-state index in [9.17, 15) is 28.8 Å². The minimum absolute atomic E-state index is 0.0553. The van der Waals surface area contributed by atoms with Crippen molar-refractivity contribution in [2.45, 2.75) is 107 Å². The maximum absolute atomic E-state index is 14.7. The summed E-state index contributed by atoms with van der Waals surface area (Å²) >= 11 is 0. The average Bonchev–Trinajstić information content (AvgIpc) is 3.28. The first kappa shape index (κ1) is 47.3. The Bertz CT molecular complexity index is 2210. The molecule has 11 N–H and O–H groups in total. The van der Waals surface area contributed by atoms with Crippen molar-refractivity contribution in [1.82, 2.24) is 26.6 Å². The number of carbonyl (C=O) groups is 6. The molecule has 15 nitrogen and oxygen atoms in total. The Hall–Kier alpha value is -6.77. The van der Waals surface area contributed by atoms with E-state index >= 15 is 0 Å². The van der Waals surface area contributed by atoms with Crippen molar-refractivity contribution in [3.63, 3.8) is 0 Å². The second-order valence-electron chi connectivity index (χ2n) is 16.3. The van der Waals surface area contributed by atoms with Crippen molar-refractivity contribution in [1.29, 1.82) is 0 Å². The predicted octanol–water partition coefficient (Wildman–Crippen LogP) is 3.14. The fraction of sp³-hybridized carbons (Fsp3) is 0.396. The lowest BCUT2D eigenvalue weighted by atomic mass is 9.73. The van der Waals surface area contributed by atoms with Crippen LogP contribution in [0.2, 0.25) is 0 Å². The average molecular weight is 860 g/mol. The zero-order chi connectivity index (χ0) is 45.2. The van der Waals surface area contributed by atoms with Crippen LogP contribution in [0, 0.1) is 0 Å². The summed E-state index contributed by atoms with van der Waals surface area (Å²) < 4.78 is 0. The Labute approximate surface area is 368 Å². The molecular formula is C48H61N9O6. The summed E-state index contributed by atoms with van der Waals surface area (Å²) in [7, 11) is 0. The molecule has 1 saturated carbocycles. The molecule has 1 fully saturated rings. The Balaban J connectivity index is 1.41. The molecule has 15 heteroatoms. The third-order valence-electron chi connectivity index (χ3n) is 11.5. The highest BCUT2D eigenvalue weighted by molar-refractivity contribution is 5.97. The highest BCUT2D eigenvalue weighted by Crippen LogP contribution is 2.38. The Morgan fingerprint density at radius 3 is 1.95 bits per heavy atom. The zero-order valence-corrected chi connectivity index (χ0v) is 35.9. The van der Waals surface area contributed by atoms with E-state index in [1.807, 2.05) is 97.9 Å². The van der Waals surface area contributed by atoms with Crippen LogP contribution in [-0.2, 0) is 41.6 Å². The van der Waals surface area contributed by atoms with Gasteiger partial charge in [-0.1, -0.05) is 116 Å². The molecule has 5 rings (SSSR count). The lowest BCUT2D eigenvalue weighted by Crippen LogP contribution is -2.64. The van der Waals surface area contributed by atoms with Gasteiger partial charge in [-0.15, -0.1) is 0 Å². The lowest BCUT2D eigenvalue weighted by Gasteiger charge is -2.40. The maximum atomic E-state index is 14.7. The molecule has 1 aliphatic carbocycles. The van der Waals surface area contributed by atoms with Crippen molar-refractivity contribution in [3.8, 4) is 0 Å². The quantitative estimate of drug-likeness (QED) is 0.0330. The van der Waals surface area contributed by atoms with Crippen molar-refractivity contribution in [2.75, 3.05) is 13.1 Å². The number of nitrogens with zero attached hydrogens (tertiary/aromatic N) is 1. The fourth-order valence-corrected chi connectivity index (χ4v) is 8.03. The number of nitrogens with two attached hydrogens (primary N) is 3. The topological polar surface area (TPSA) is 253 Å². The molecule has 0 unspecified atom stereocenters. The summed E-state index contributed by atoms with van der Waals surface area (Å²) in [5, 5.41) is 16.1. The molecule has 3 atom stereocenters. The molecule has 0 saturated heterocycles. The first-order valence-corrected chi connectivity index (χ1v) is 21.8. The number of benzene rings is 4. The van der Waals surface area contributed by atoms with E-state index < -0.39 is 59.7 Å². The van der Waals surface area contributed by atoms with Crippen LogP contribution in [0.3, 0.4) is 0 Å². The molecule has 63 heavy (non-hydrogen) atoms. The first-order chi connectivity index (χ1) is 30.4. The van der Waals surface area contributed by atoms with Crippen molar-refractivity contribution >= 4 is 52.2 Å². The van der Waals surface area contributed by atoms with Gasteiger partial charge in [0.2, 0.25) is 35.4 Å². The summed E-state index contributed by atoms with van der Waals surface area (Å²) in [5.41, 5.74) is 17.8. The molecule has 4 aromatic carbocycles. The number of hydrogen-bond acceptors (Lipinski definition) is 7. The van der Waals surface area contributed by atoms with Gasteiger partial charge in [-0.25, -0.2) is 0 Å². The number of rotatable bonds is 22. The number of unbranched alkanes of at least 4 members (excludes halogenated alkanes) is 1. The van der Waals surface area contributed by atoms with Gasteiger partial charge in [-0.2, -0.15) is 0 Å². The summed E-state index contributed by atoms with van der Waals surface area (Å²) in [6.45, 7) is 1.69. The molecule has 0 bridgehead atoms. The minimum Gasteiger partial charge on any atom is -0.370 e. The number of guanidine groups is 1. The van der Waals surface area contributed by atoms with Crippen molar-refractivity contribution in [3.05, 3.63) is 120 Å². The minimum atomic E-state index is -1.27. The molecule has 0 aliphatic heterocycles. The SMILES string of the molecule is CCCCC(=O)NC1(C(=O)N[C@H](Cc2ccccc2)C(=O)N[C@@H](CCCN=C(N)N)C(=O)N[C@@H](Cc2ccc3ccccc3c2)C(=O)NCC(N)=O)CCC(c2ccccc2)CC1. The third kappa shape index (κ3) is 14.4. The number of fused-ring (bicyclic) bond motifs is 1. The second kappa shape index (κ2) is 23.4. The molecule has 6 amide bonds. The van der Waals surface area contributed by atoms with Crippen LogP contribution < -0.4 is 43.8 Å². The zero-order valence-electron chi connectivity index (χ0n) is 35.9. The van der Waals surface area contributed by atoms with Crippen molar-refractivity contribution < 1.29 is 28.8 Å². The molecule has 0 spiro atoms. The fourth-order valence-electron chi connectivity index (χ4n) is 8.03. The van der Waals surface area contributed by atoms with Crippen LogP contribution in [0.5, 0.6) is 0 Å². The third-order valence-corrected chi connectivity index (χ3v) is 11.5. The van der Waals surface area contributed by atoms with Crippen LogP contribution in [0.1, 0.15) is 87.3 Å². The summed E-state index contributed by atoms with van der Waals surface area (Å²) in [6.07, 6.45) is 4.22. The number of aliphatic imine (C=N–C) groups is 1. The van der Waals surface area contributed by atoms with E-state index in [0.29, 0.717) is 32.1 Å². The van der Waals surface area contributed by atoms with Gasteiger partial charge in [0.15, 0.2) is 5.96 Å². The number of nitrogens with one attached hydrogen (secondary N) is 5. The number of primary amides is 1. The highest BCUT2D eigenvalue weighted by Gasteiger charge is 2.44. The Kier molecular flexibility index (Phi) is 17.6.